The molecule has 2 rings (SSSR count). The first-order chi connectivity index (χ1) is 9.88. The molecule has 0 bridgehead atoms. The highest BCUT2D eigenvalue weighted by atomic mass is 32.1. The second-order valence-corrected chi connectivity index (χ2v) is 6.38. The van der Waals surface area contributed by atoms with Crippen molar-refractivity contribution in [2.24, 2.45) is 11.1 Å². The summed E-state index contributed by atoms with van der Waals surface area (Å²) in [7, 11) is 0. The molecular formula is C15H17N3O2S. The first-order valence-corrected chi connectivity index (χ1v) is 7.31. The van der Waals surface area contributed by atoms with Crippen molar-refractivity contribution in [3.8, 4) is 0 Å². The number of amides is 2. The van der Waals surface area contributed by atoms with Crippen LogP contribution in [0.4, 0.5) is 0 Å². The highest BCUT2D eigenvalue weighted by Crippen LogP contribution is 2.22. The fourth-order valence-corrected chi connectivity index (χ4v) is 2.43. The van der Waals surface area contributed by atoms with Gasteiger partial charge in [-0.2, -0.15) is 0 Å². The van der Waals surface area contributed by atoms with Gasteiger partial charge in [0, 0.05) is 12.6 Å². The van der Waals surface area contributed by atoms with Crippen LogP contribution in [-0.2, 0) is 9.59 Å². The molecule has 110 valence electrons. The van der Waals surface area contributed by atoms with E-state index in [1.807, 2.05) is 24.3 Å². The summed E-state index contributed by atoms with van der Waals surface area (Å²) in [6.07, 6.45) is 3.08. The zero-order valence-electron chi connectivity index (χ0n) is 11.9. The van der Waals surface area contributed by atoms with Crippen LogP contribution in [0.25, 0.3) is 16.3 Å². The Labute approximate surface area is 126 Å². The maximum Gasteiger partial charge on any atom is 0.244 e. The molecule has 0 atom stereocenters. The third kappa shape index (κ3) is 3.88. The average Bonchev–Trinajstić information content (AvgIpc) is 2.85. The lowest BCUT2D eigenvalue weighted by molar-refractivity contribution is -0.126. The number of carbonyl (C=O) groups is 2. The molecule has 0 aliphatic rings. The molecule has 0 spiro atoms. The highest BCUT2D eigenvalue weighted by molar-refractivity contribution is 7.19. The van der Waals surface area contributed by atoms with Crippen molar-refractivity contribution in [1.82, 2.24) is 10.3 Å². The van der Waals surface area contributed by atoms with E-state index in [0.717, 1.165) is 15.2 Å². The second kappa shape index (κ2) is 6.05. The molecule has 1 heterocycles. The largest absolute Gasteiger partial charge is 0.369 e. The van der Waals surface area contributed by atoms with Crippen LogP contribution >= 0.6 is 11.3 Å². The lowest BCUT2D eigenvalue weighted by Crippen LogP contribution is -2.41. The summed E-state index contributed by atoms with van der Waals surface area (Å²) < 4.78 is 1.08. The second-order valence-electron chi connectivity index (χ2n) is 5.32. The number of hydrogen-bond donors (Lipinski definition) is 2. The number of aromatic nitrogens is 1. The summed E-state index contributed by atoms with van der Waals surface area (Å²) in [5.74, 6) is -0.721. The molecule has 0 radical (unpaired) electrons. The van der Waals surface area contributed by atoms with Crippen molar-refractivity contribution in [3.63, 3.8) is 0 Å². The molecule has 6 heteroatoms. The average molecular weight is 303 g/mol. The summed E-state index contributed by atoms with van der Waals surface area (Å²) in [4.78, 5) is 27.3. The molecule has 5 nitrogen and oxygen atoms in total. The van der Waals surface area contributed by atoms with Crippen LogP contribution in [0.2, 0.25) is 0 Å². The van der Waals surface area contributed by atoms with Crippen LogP contribution in [0, 0.1) is 5.41 Å². The highest BCUT2D eigenvalue weighted by Gasteiger charge is 2.24. The van der Waals surface area contributed by atoms with Crippen molar-refractivity contribution in [1.29, 1.82) is 0 Å². The molecule has 0 unspecified atom stereocenters. The third-order valence-corrected chi connectivity index (χ3v) is 4.06. The van der Waals surface area contributed by atoms with E-state index in [1.54, 1.807) is 19.9 Å². The van der Waals surface area contributed by atoms with Gasteiger partial charge in [0.15, 0.2) is 0 Å². The lowest BCUT2D eigenvalue weighted by atomic mass is 9.93. The molecule has 3 N–H and O–H groups in total. The summed E-state index contributed by atoms with van der Waals surface area (Å²) in [6.45, 7) is 3.57. The predicted octanol–water partition coefficient (Wildman–Crippen LogP) is 1.94. The van der Waals surface area contributed by atoms with Crippen LogP contribution in [0.5, 0.6) is 0 Å². The van der Waals surface area contributed by atoms with E-state index in [4.69, 9.17) is 5.73 Å². The Morgan fingerprint density at radius 3 is 2.76 bits per heavy atom. The zero-order chi connectivity index (χ0) is 15.5. The van der Waals surface area contributed by atoms with E-state index in [2.05, 4.69) is 10.3 Å². The first-order valence-electron chi connectivity index (χ1n) is 6.50. The maximum atomic E-state index is 11.7. The Morgan fingerprint density at radius 2 is 2.10 bits per heavy atom. The smallest absolute Gasteiger partial charge is 0.244 e. The Kier molecular flexibility index (Phi) is 4.37. The molecule has 1 aromatic carbocycles. The Morgan fingerprint density at radius 1 is 1.38 bits per heavy atom. The number of carbonyl (C=O) groups excluding carboxylic acids is 2. The molecular weight excluding hydrogens is 286 g/mol. The number of primary amides is 1. The number of para-hydroxylation sites is 1. The minimum absolute atomic E-state index is 0.200. The first kappa shape index (κ1) is 15.2. The number of benzene rings is 1. The molecule has 0 saturated heterocycles. The van der Waals surface area contributed by atoms with Crippen LogP contribution < -0.4 is 11.1 Å². The lowest BCUT2D eigenvalue weighted by Gasteiger charge is -2.19. The van der Waals surface area contributed by atoms with Crippen molar-refractivity contribution in [3.05, 3.63) is 35.3 Å². The van der Waals surface area contributed by atoms with Crippen LogP contribution in [0.1, 0.15) is 18.9 Å². The summed E-state index contributed by atoms with van der Waals surface area (Å²) >= 11 is 1.52. The maximum absolute atomic E-state index is 11.7. The van der Waals surface area contributed by atoms with E-state index in [1.165, 1.54) is 17.4 Å². The van der Waals surface area contributed by atoms with Crippen LogP contribution in [-0.4, -0.2) is 23.3 Å². The Balaban J connectivity index is 1.97. The molecule has 1 aromatic heterocycles. The summed E-state index contributed by atoms with van der Waals surface area (Å²) in [6, 6.07) is 7.79. The van der Waals surface area contributed by atoms with Gasteiger partial charge in [0.1, 0.15) is 5.01 Å². The van der Waals surface area contributed by atoms with Gasteiger partial charge in [-0.1, -0.05) is 12.1 Å². The standard InChI is InChI=1S/C15H17N3O2S/c1-15(2,14(16)20)9-17-12(19)7-8-13-18-10-5-3-4-6-11(10)21-13/h3-8H,9H2,1-2H3,(H2,16,20)(H,17,19). The van der Waals surface area contributed by atoms with Gasteiger partial charge in [0.25, 0.3) is 0 Å². The van der Waals surface area contributed by atoms with E-state index >= 15 is 0 Å². The van der Waals surface area contributed by atoms with Crippen LogP contribution in [0.15, 0.2) is 30.3 Å². The van der Waals surface area contributed by atoms with E-state index in [9.17, 15) is 9.59 Å². The van der Waals surface area contributed by atoms with Gasteiger partial charge >= 0.3 is 0 Å². The van der Waals surface area contributed by atoms with E-state index < -0.39 is 11.3 Å². The van der Waals surface area contributed by atoms with Gasteiger partial charge in [0.05, 0.1) is 15.6 Å². The number of nitrogens with one attached hydrogen (secondary N) is 1. The number of thiazole rings is 1. The van der Waals surface area contributed by atoms with Gasteiger partial charge < -0.3 is 11.1 Å². The summed E-state index contributed by atoms with van der Waals surface area (Å²) in [5, 5.41) is 3.42. The number of fused-ring (bicyclic) bond motifs is 1. The van der Waals surface area contributed by atoms with Gasteiger partial charge in [0.2, 0.25) is 11.8 Å². The molecule has 0 fully saturated rings. The van der Waals surface area contributed by atoms with Gasteiger partial charge in [-0.15, -0.1) is 11.3 Å². The SMILES string of the molecule is CC(C)(CNC(=O)C=Cc1nc2ccccc2s1)C(N)=O. The van der Waals surface area contributed by atoms with E-state index in [-0.39, 0.29) is 12.5 Å². The Bertz CT molecular complexity index is 671. The quantitative estimate of drug-likeness (QED) is 0.828. The molecule has 0 aliphatic heterocycles. The molecule has 0 saturated carbocycles. The van der Waals surface area contributed by atoms with Crippen molar-refractivity contribution >= 4 is 39.4 Å². The van der Waals surface area contributed by atoms with Gasteiger partial charge in [-0.25, -0.2) is 4.98 Å². The topological polar surface area (TPSA) is 85.1 Å². The molecule has 0 aliphatic carbocycles. The third-order valence-electron chi connectivity index (χ3n) is 3.06. The summed E-state index contributed by atoms with van der Waals surface area (Å²) in [5.41, 5.74) is 5.40. The Hall–Kier alpha value is -2.21. The van der Waals surface area contributed by atoms with Crippen molar-refractivity contribution in [2.75, 3.05) is 6.54 Å². The van der Waals surface area contributed by atoms with Crippen molar-refractivity contribution < 1.29 is 9.59 Å². The van der Waals surface area contributed by atoms with E-state index in [0.29, 0.717) is 0 Å². The zero-order valence-corrected chi connectivity index (χ0v) is 12.7. The molecule has 2 aromatic rings. The normalized spacial score (nSPS) is 11.9. The van der Waals surface area contributed by atoms with Gasteiger partial charge in [-0.05, 0) is 32.1 Å². The number of nitrogens with two attached hydrogens (primary N) is 1. The van der Waals surface area contributed by atoms with Crippen molar-refractivity contribution in [2.45, 2.75) is 13.8 Å². The fourth-order valence-electron chi connectivity index (χ4n) is 1.56. The minimum Gasteiger partial charge on any atom is -0.369 e. The molecule has 2 amide bonds. The molecule has 21 heavy (non-hydrogen) atoms. The van der Waals surface area contributed by atoms with Crippen LogP contribution in [0.3, 0.4) is 0 Å². The number of rotatable bonds is 5. The predicted molar refractivity (Wildman–Crippen MR) is 84.6 cm³/mol. The monoisotopic (exact) mass is 303 g/mol. The number of hydrogen-bond acceptors (Lipinski definition) is 4. The minimum atomic E-state index is -0.765. The fraction of sp³-hybridized carbons (Fsp3) is 0.267. The number of nitrogens with zero attached hydrogens (tertiary/aromatic N) is 1. The van der Waals surface area contributed by atoms with Gasteiger partial charge in [-0.3, -0.25) is 9.59 Å².